The summed E-state index contributed by atoms with van der Waals surface area (Å²) in [4.78, 5) is 0. The lowest BCUT2D eigenvalue weighted by Gasteiger charge is -2.36. The normalized spacial score (nSPS) is 36.2. The minimum Gasteiger partial charge on any atom is -0.313 e. The van der Waals surface area contributed by atoms with Crippen molar-refractivity contribution in [1.82, 2.24) is 9.62 Å². The third-order valence-corrected chi connectivity index (χ3v) is 7.15. The van der Waals surface area contributed by atoms with Crippen LogP contribution in [0.4, 0.5) is 0 Å². The highest BCUT2D eigenvalue weighted by atomic mass is 32.2. The van der Waals surface area contributed by atoms with E-state index in [9.17, 15) is 8.42 Å². The Kier molecular flexibility index (Phi) is 4.39. The predicted molar refractivity (Wildman–Crippen MR) is 72.9 cm³/mol. The first-order valence-electron chi connectivity index (χ1n) is 6.35. The zero-order chi connectivity index (χ0) is 12.5. The molecule has 3 atom stereocenters. The number of hydrogen-bond donors (Lipinski definition) is 1. The lowest BCUT2D eigenvalue weighted by molar-refractivity contribution is 0.338. The maximum absolute atomic E-state index is 12.4. The van der Waals surface area contributed by atoms with Gasteiger partial charge < -0.3 is 5.32 Å². The highest BCUT2D eigenvalue weighted by Crippen LogP contribution is 2.27. The number of nitrogens with zero attached hydrogens (tertiary/aromatic N) is 1. The molecule has 0 amide bonds. The van der Waals surface area contributed by atoms with Gasteiger partial charge in [0.05, 0.1) is 5.75 Å². The molecule has 2 aliphatic rings. The Morgan fingerprint density at radius 3 is 2.82 bits per heavy atom. The van der Waals surface area contributed by atoms with Crippen LogP contribution in [0.25, 0.3) is 0 Å². The third-order valence-electron chi connectivity index (χ3n) is 3.76. The van der Waals surface area contributed by atoms with Crippen molar-refractivity contribution in [2.24, 2.45) is 0 Å². The van der Waals surface area contributed by atoms with Gasteiger partial charge in [-0.25, -0.2) is 8.42 Å². The van der Waals surface area contributed by atoms with E-state index in [1.165, 1.54) is 0 Å². The van der Waals surface area contributed by atoms with Gasteiger partial charge in [0.2, 0.25) is 10.0 Å². The molecule has 0 radical (unpaired) electrons. The molecule has 6 heteroatoms. The van der Waals surface area contributed by atoms with Crippen molar-refractivity contribution >= 4 is 21.8 Å². The van der Waals surface area contributed by atoms with Gasteiger partial charge in [-0.05, 0) is 26.3 Å². The molecule has 4 nitrogen and oxygen atoms in total. The molecule has 0 aromatic carbocycles. The van der Waals surface area contributed by atoms with Gasteiger partial charge in [-0.2, -0.15) is 16.1 Å². The summed E-state index contributed by atoms with van der Waals surface area (Å²) in [7, 11) is -3.09. The fraction of sp³-hybridized carbons (Fsp3) is 1.00. The van der Waals surface area contributed by atoms with Crippen molar-refractivity contribution in [1.29, 1.82) is 0 Å². The summed E-state index contributed by atoms with van der Waals surface area (Å²) >= 11 is 1.87. The van der Waals surface area contributed by atoms with Crippen LogP contribution in [0.5, 0.6) is 0 Å². The molecule has 0 aromatic heterocycles. The quantitative estimate of drug-likeness (QED) is 0.833. The second kappa shape index (κ2) is 5.47. The first kappa shape index (κ1) is 13.6. The van der Waals surface area contributed by atoms with Crippen LogP contribution in [-0.4, -0.2) is 54.7 Å². The Hall–Kier alpha value is 0.220. The Labute approximate surface area is 109 Å². The van der Waals surface area contributed by atoms with E-state index in [1.54, 1.807) is 4.31 Å². The average Bonchev–Trinajstić information content (AvgIpc) is 2.73. The Morgan fingerprint density at radius 2 is 2.18 bits per heavy atom. The molecule has 100 valence electrons. The molecule has 2 heterocycles. The van der Waals surface area contributed by atoms with Crippen LogP contribution < -0.4 is 5.32 Å². The van der Waals surface area contributed by atoms with Gasteiger partial charge in [0, 0.05) is 29.6 Å². The molecule has 3 unspecified atom stereocenters. The van der Waals surface area contributed by atoms with Crippen molar-refractivity contribution in [3.63, 3.8) is 0 Å². The fourth-order valence-corrected chi connectivity index (χ4v) is 5.88. The van der Waals surface area contributed by atoms with E-state index in [1.807, 2.05) is 18.7 Å². The molecule has 0 aliphatic carbocycles. The summed E-state index contributed by atoms with van der Waals surface area (Å²) in [6.07, 6.45) is 2.09. The van der Waals surface area contributed by atoms with E-state index in [4.69, 9.17) is 0 Å². The molecule has 0 spiro atoms. The maximum Gasteiger partial charge on any atom is 0.215 e. The molecule has 0 bridgehead atoms. The standard InChI is InChI=1S/C11H22N2O2S2/c1-9-10(2)16-7-6-13(9)17(14,15)8-11-4-3-5-12-11/h9-12H,3-8H2,1-2H3. The maximum atomic E-state index is 12.4. The SMILES string of the molecule is CC1SCCN(S(=O)(=O)CC2CCCN2)C1C. The highest BCUT2D eigenvalue weighted by Gasteiger charge is 2.35. The first-order chi connectivity index (χ1) is 8.00. The summed E-state index contributed by atoms with van der Waals surface area (Å²) in [5.41, 5.74) is 0. The number of rotatable bonds is 3. The van der Waals surface area contributed by atoms with Gasteiger partial charge >= 0.3 is 0 Å². The van der Waals surface area contributed by atoms with Crippen LogP contribution >= 0.6 is 11.8 Å². The van der Waals surface area contributed by atoms with Crippen LogP contribution in [0.15, 0.2) is 0 Å². The number of sulfonamides is 1. The monoisotopic (exact) mass is 278 g/mol. The summed E-state index contributed by atoms with van der Waals surface area (Å²) in [6.45, 7) is 5.77. The summed E-state index contributed by atoms with van der Waals surface area (Å²) in [6, 6.07) is 0.289. The zero-order valence-corrected chi connectivity index (χ0v) is 12.2. The van der Waals surface area contributed by atoms with Gasteiger partial charge in [-0.3, -0.25) is 0 Å². The van der Waals surface area contributed by atoms with Crippen LogP contribution in [0, 0.1) is 0 Å². The topological polar surface area (TPSA) is 49.4 Å². The molecule has 17 heavy (non-hydrogen) atoms. The van der Waals surface area contributed by atoms with E-state index < -0.39 is 10.0 Å². The zero-order valence-electron chi connectivity index (χ0n) is 10.6. The second-order valence-electron chi connectivity index (χ2n) is 5.00. The number of hydrogen-bond acceptors (Lipinski definition) is 4. The van der Waals surface area contributed by atoms with Crippen molar-refractivity contribution in [2.45, 2.75) is 44.0 Å². The molecule has 2 saturated heterocycles. The molecule has 2 rings (SSSR count). The van der Waals surface area contributed by atoms with Crippen LogP contribution in [0.3, 0.4) is 0 Å². The Bertz CT molecular complexity index is 352. The van der Waals surface area contributed by atoms with Crippen molar-refractivity contribution in [3.8, 4) is 0 Å². The fourth-order valence-electron chi connectivity index (χ4n) is 2.55. The number of thioether (sulfide) groups is 1. The van der Waals surface area contributed by atoms with Gasteiger partial charge in [-0.15, -0.1) is 0 Å². The van der Waals surface area contributed by atoms with Gasteiger partial charge in [0.15, 0.2) is 0 Å². The summed E-state index contributed by atoms with van der Waals surface area (Å²) in [5, 5.41) is 3.67. The molecule has 0 aromatic rings. The lowest BCUT2D eigenvalue weighted by atomic mass is 10.2. The second-order valence-corrected chi connectivity index (χ2v) is 8.45. The van der Waals surface area contributed by atoms with Gasteiger partial charge in [-0.1, -0.05) is 6.92 Å². The summed E-state index contributed by atoms with van der Waals surface area (Å²) < 4.78 is 26.5. The lowest BCUT2D eigenvalue weighted by Crippen LogP contribution is -2.50. The summed E-state index contributed by atoms with van der Waals surface area (Å²) in [5.74, 6) is 1.19. The molecule has 1 N–H and O–H groups in total. The van der Waals surface area contributed by atoms with E-state index in [-0.39, 0.29) is 17.8 Å². The molecule has 2 fully saturated rings. The van der Waals surface area contributed by atoms with Crippen molar-refractivity contribution in [3.05, 3.63) is 0 Å². The minimum atomic E-state index is -3.09. The van der Waals surface area contributed by atoms with Crippen LogP contribution in [0.2, 0.25) is 0 Å². The largest absolute Gasteiger partial charge is 0.313 e. The van der Waals surface area contributed by atoms with Crippen molar-refractivity contribution < 1.29 is 8.42 Å². The van der Waals surface area contributed by atoms with Gasteiger partial charge in [0.1, 0.15) is 0 Å². The van der Waals surface area contributed by atoms with E-state index in [0.29, 0.717) is 11.8 Å². The van der Waals surface area contributed by atoms with Crippen LogP contribution in [0.1, 0.15) is 26.7 Å². The molecular weight excluding hydrogens is 256 g/mol. The predicted octanol–water partition coefficient (Wildman–Crippen LogP) is 0.894. The van der Waals surface area contributed by atoms with Crippen LogP contribution in [-0.2, 0) is 10.0 Å². The first-order valence-corrected chi connectivity index (χ1v) is 9.01. The van der Waals surface area contributed by atoms with E-state index in [2.05, 4.69) is 12.2 Å². The minimum absolute atomic E-state index is 0.125. The average molecular weight is 278 g/mol. The van der Waals surface area contributed by atoms with E-state index in [0.717, 1.165) is 25.1 Å². The Morgan fingerprint density at radius 1 is 1.41 bits per heavy atom. The molecule has 0 saturated carbocycles. The molecule has 2 aliphatic heterocycles. The van der Waals surface area contributed by atoms with E-state index >= 15 is 0 Å². The van der Waals surface area contributed by atoms with Crippen molar-refractivity contribution in [2.75, 3.05) is 24.6 Å². The Balaban J connectivity index is 2.03. The third kappa shape index (κ3) is 3.16. The highest BCUT2D eigenvalue weighted by molar-refractivity contribution is 8.00. The molecular formula is C11H22N2O2S2. The smallest absolute Gasteiger partial charge is 0.215 e. The number of nitrogens with one attached hydrogen (secondary N) is 1. The van der Waals surface area contributed by atoms with Gasteiger partial charge in [0.25, 0.3) is 0 Å².